The summed E-state index contributed by atoms with van der Waals surface area (Å²) in [4.78, 5) is 13.0. The Labute approximate surface area is 436 Å². The highest BCUT2D eigenvalue weighted by molar-refractivity contribution is 5.76. The third kappa shape index (κ3) is 24.0. The highest BCUT2D eigenvalue weighted by atomic mass is 16.8. The molecule has 73 heavy (non-hydrogen) atoms. The van der Waals surface area contributed by atoms with Gasteiger partial charge in [0.05, 0.1) is 38.6 Å². The third-order valence-corrected chi connectivity index (χ3v) is 14.6. The van der Waals surface area contributed by atoms with E-state index in [1.807, 2.05) is 6.08 Å². The van der Waals surface area contributed by atoms with Gasteiger partial charge in [0.2, 0.25) is 5.91 Å². The second-order valence-corrected chi connectivity index (χ2v) is 20.8. The van der Waals surface area contributed by atoms with E-state index in [1.54, 1.807) is 6.08 Å². The average molecular weight is 1050 g/mol. The van der Waals surface area contributed by atoms with Crippen LogP contribution in [0.1, 0.15) is 194 Å². The van der Waals surface area contributed by atoms with Gasteiger partial charge in [-0.05, 0) is 19.3 Å². The summed E-state index contributed by atoms with van der Waals surface area (Å²) in [5.74, 6) is -0.293. The molecule has 3 saturated heterocycles. The number of allylic oxidation sites excluding steroid dienone is 1. The molecular formula is C54H101NO18. The number of aliphatic hydroxyl groups is 11. The van der Waals surface area contributed by atoms with E-state index in [0.29, 0.717) is 6.42 Å². The maximum atomic E-state index is 13.0. The Morgan fingerprint density at radius 2 is 0.849 bits per heavy atom. The van der Waals surface area contributed by atoms with Crippen LogP contribution in [0.2, 0.25) is 0 Å². The summed E-state index contributed by atoms with van der Waals surface area (Å²) in [5.41, 5.74) is 0. The number of unbranched alkanes of at least 4 members (excludes halogenated alkanes) is 25. The van der Waals surface area contributed by atoms with Crippen LogP contribution in [-0.2, 0) is 33.2 Å². The number of aliphatic hydroxyl groups excluding tert-OH is 11. The Morgan fingerprint density at radius 1 is 0.479 bits per heavy atom. The van der Waals surface area contributed by atoms with Gasteiger partial charge in [-0.1, -0.05) is 180 Å². The Balaban J connectivity index is 1.41. The van der Waals surface area contributed by atoms with Gasteiger partial charge in [0.25, 0.3) is 0 Å². The second-order valence-electron chi connectivity index (χ2n) is 20.8. The smallest absolute Gasteiger partial charge is 0.220 e. The van der Waals surface area contributed by atoms with E-state index in [1.165, 1.54) is 122 Å². The molecule has 19 heteroatoms. The second kappa shape index (κ2) is 39.0. The number of amides is 1. The molecule has 430 valence electrons. The first-order chi connectivity index (χ1) is 35.3. The minimum atomic E-state index is -1.97. The van der Waals surface area contributed by atoms with Crippen molar-refractivity contribution in [1.29, 1.82) is 0 Å². The molecule has 3 rings (SSSR count). The van der Waals surface area contributed by atoms with Crippen LogP contribution in [0.15, 0.2) is 12.2 Å². The largest absolute Gasteiger partial charge is 0.394 e. The summed E-state index contributed by atoms with van der Waals surface area (Å²) in [5, 5.41) is 119. The van der Waals surface area contributed by atoms with Crippen LogP contribution in [0, 0.1) is 0 Å². The molecule has 17 atom stereocenters. The van der Waals surface area contributed by atoms with E-state index in [9.17, 15) is 61.0 Å². The van der Waals surface area contributed by atoms with Crippen molar-refractivity contribution in [3.05, 3.63) is 12.2 Å². The lowest BCUT2D eigenvalue weighted by Gasteiger charge is -2.48. The minimum Gasteiger partial charge on any atom is -0.394 e. The molecule has 0 bridgehead atoms. The van der Waals surface area contributed by atoms with Gasteiger partial charge in [0.15, 0.2) is 18.9 Å². The summed E-state index contributed by atoms with van der Waals surface area (Å²) in [6.07, 6.45) is 10.2. The molecule has 17 unspecified atom stereocenters. The predicted octanol–water partition coefficient (Wildman–Crippen LogP) is 3.82. The molecular weight excluding hydrogens is 951 g/mol. The molecule has 0 saturated carbocycles. The Kier molecular flexibility index (Phi) is 35.1. The van der Waals surface area contributed by atoms with Gasteiger partial charge in [0, 0.05) is 6.42 Å². The number of carbonyl (C=O) groups excluding carboxylic acids is 1. The van der Waals surface area contributed by atoms with E-state index in [4.69, 9.17) is 28.4 Å². The lowest BCUT2D eigenvalue weighted by molar-refractivity contribution is -0.379. The number of ether oxygens (including phenoxy) is 6. The molecule has 0 aromatic carbocycles. The van der Waals surface area contributed by atoms with Gasteiger partial charge < -0.3 is 89.9 Å². The Bertz CT molecular complexity index is 1400. The lowest BCUT2D eigenvalue weighted by atomic mass is 9.96. The monoisotopic (exact) mass is 1050 g/mol. The molecule has 3 aliphatic heterocycles. The van der Waals surface area contributed by atoms with E-state index < -0.39 is 124 Å². The summed E-state index contributed by atoms with van der Waals surface area (Å²) >= 11 is 0. The number of nitrogens with one attached hydrogen (secondary N) is 1. The molecule has 0 aliphatic carbocycles. The van der Waals surface area contributed by atoms with Gasteiger partial charge >= 0.3 is 0 Å². The van der Waals surface area contributed by atoms with E-state index >= 15 is 0 Å². The number of hydrogen-bond donors (Lipinski definition) is 12. The van der Waals surface area contributed by atoms with Crippen LogP contribution >= 0.6 is 0 Å². The van der Waals surface area contributed by atoms with Crippen molar-refractivity contribution >= 4 is 5.91 Å². The number of rotatable bonds is 41. The maximum absolute atomic E-state index is 13.0. The first-order valence-electron chi connectivity index (χ1n) is 28.4. The first kappa shape index (κ1) is 65.8. The Morgan fingerprint density at radius 3 is 1.29 bits per heavy atom. The van der Waals surface area contributed by atoms with Crippen LogP contribution in [-0.4, -0.2) is 193 Å². The number of carbonyl (C=O) groups is 1. The highest BCUT2D eigenvalue weighted by Crippen LogP contribution is 2.33. The molecule has 3 heterocycles. The zero-order valence-electron chi connectivity index (χ0n) is 44.4. The molecule has 19 nitrogen and oxygen atoms in total. The summed E-state index contributed by atoms with van der Waals surface area (Å²) in [6, 6.07) is -0.963. The van der Waals surface area contributed by atoms with E-state index in [-0.39, 0.29) is 18.9 Å². The van der Waals surface area contributed by atoms with Crippen molar-refractivity contribution in [2.24, 2.45) is 0 Å². The predicted molar refractivity (Wildman–Crippen MR) is 273 cm³/mol. The van der Waals surface area contributed by atoms with Gasteiger partial charge in [-0.15, -0.1) is 0 Å². The van der Waals surface area contributed by atoms with Gasteiger partial charge in [-0.25, -0.2) is 0 Å². The summed E-state index contributed by atoms with van der Waals surface area (Å²) < 4.78 is 34.0. The Hall–Kier alpha value is -1.47. The van der Waals surface area contributed by atoms with Gasteiger partial charge in [-0.2, -0.15) is 0 Å². The molecule has 12 N–H and O–H groups in total. The van der Waals surface area contributed by atoms with Crippen molar-refractivity contribution in [1.82, 2.24) is 5.32 Å². The fraction of sp³-hybridized carbons (Fsp3) is 0.944. The highest BCUT2D eigenvalue weighted by Gasteiger charge is 2.53. The minimum absolute atomic E-state index is 0.237. The zero-order valence-corrected chi connectivity index (χ0v) is 44.4. The standard InChI is InChI=1S/C54H101NO18/c1-3-5-7-9-10-11-12-13-14-15-16-17-18-19-20-21-22-23-24-25-26-27-28-29-31-38(59)37(55-42(60)32-30-8-6-4-2)36-68-52-48(66)45(63)50(40(34-57)70-52)73-54-49(67)46(64)51(41(35-58)71-54)72-53-47(65)44(62)43(61)39(33-56)69-53/h29,31,37-41,43-54,56-59,61-67H,3-28,30,32-36H2,1-2H3,(H,55,60)/b31-29+. The molecule has 1 amide bonds. The van der Waals surface area contributed by atoms with Gasteiger partial charge in [-0.3, -0.25) is 4.79 Å². The molecule has 0 aromatic rings. The van der Waals surface area contributed by atoms with E-state index in [2.05, 4.69) is 19.2 Å². The van der Waals surface area contributed by atoms with Crippen molar-refractivity contribution < 1.29 is 89.4 Å². The summed E-state index contributed by atoms with van der Waals surface area (Å²) in [6.45, 7) is 1.58. The SMILES string of the molecule is CCCCCCCCCCCCCCCCCCCCCCCC/C=C/C(O)C(COC1OC(CO)C(OC2OC(CO)C(OC3OC(CO)C(O)C(O)C3O)C(O)C2O)C(O)C1O)NC(=O)CCCCCC. The fourth-order valence-corrected chi connectivity index (χ4v) is 9.84. The maximum Gasteiger partial charge on any atom is 0.220 e. The fourth-order valence-electron chi connectivity index (χ4n) is 9.84. The van der Waals surface area contributed by atoms with Crippen LogP contribution in [0.4, 0.5) is 0 Å². The molecule has 0 radical (unpaired) electrons. The zero-order chi connectivity index (χ0) is 53.4. The van der Waals surface area contributed by atoms with Crippen LogP contribution in [0.25, 0.3) is 0 Å². The molecule has 3 fully saturated rings. The first-order valence-corrected chi connectivity index (χ1v) is 28.4. The van der Waals surface area contributed by atoms with Crippen LogP contribution in [0.5, 0.6) is 0 Å². The third-order valence-electron chi connectivity index (χ3n) is 14.6. The summed E-state index contributed by atoms with van der Waals surface area (Å²) in [7, 11) is 0. The van der Waals surface area contributed by atoms with E-state index in [0.717, 1.165) is 44.9 Å². The number of hydrogen-bond acceptors (Lipinski definition) is 18. The van der Waals surface area contributed by atoms with Gasteiger partial charge in [0.1, 0.15) is 73.2 Å². The molecule has 0 spiro atoms. The van der Waals surface area contributed by atoms with Crippen LogP contribution < -0.4 is 5.32 Å². The van der Waals surface area contributed by atoms with Crippen LogP contribution in [0.3, 0.4) is 0 Å². The normalized spacial score (nSPS) is 31.8. The molecule has 0 aromatic heterocycles. The lowest BCUT2D eigenvalue weighted by Crippen LogP contribution is -2.66. The van der Waals surface area contributed by atoms with Crippen molar-refractivity contribution in [3.8, 4) is 0 Å². The van der Waals surface area contributed by atoms with Crippen molar-refractivity contribution in [2.75, 3.05) is 26.4 Å². The van der Waals surface area contributed by atoms with Crippen molar-refractivity contribution in [2.45, 2.75) is 298 Å². The van der Waals surface area contributed by atoms with Crippen molar-refractivity contribution in [3.63, 3.8) is 0 Å². The molecule has 3 aliphatic rings. The average Bonchev–Trinajstić information content (AvgIpc) is 3.39. The quantitative estimate of drug-likeness (QED) is 0.0306. The topological polar surface area (TPSA) is 307 Å².